The number of hydrogen-bond donors (Lipinski definition) is 1. The van der Waals surface area contributed by atoms with E-state index in [-0.39, 0.29) is 5.91 Å². The summed E-state index contributed by atoms with van der Waals surface area (Å²) in [5.41, 5.74) is 4.54. The van der Waals surface area contributed by atoms with Gasteiger partial charge < -0.3 is 10.1 Å². The second-order valence-corrected chi connectivity index (χ2v) is 8.26. The van der Waals surface area contributed by atoms with Crippen LogP contribution in [0.4, 0.5) is 5.00 Å². The lowest BCUT2D eigenvalue weighted by Crippen LogP contribution is -2.34. The van der Waals surface area contributed by atoms with Crippen molar-refractivity contribution in [2.24, 2.45) is 0 Å². The fourth-order valence-electron chi connectivity index (χ4n) is 3.54. The number of esters is 1. The number of aryl methyl sites for hydroxylation is 2. The van der Waals surface area contributed by atoms with Crippen LogP contribution in [0, 0.1) is 13.8 Å². The van der Waals surface area contributed by atoms with Crippen molar-refractivity contribution in [3.63, 3.8) is 0 Å². The van der Waals surface area contributed by atoms with Crippen molar-refractivity contribution in [3.05, 3.63) is 40.3 Å². The standard InChI is InChI=1S/C22H28N2O3S/c1-15-8-9-17(12-16(15)2)18-14-28-21(20(18)22(26)27-3)23-19(25)13-24-10-6-4-5-7-11-24/h8-9,12,14H,4-7,10-11,13H2,1-3H3,(H,23,25). The molecule has 0 saturated carbocycles. The van der Waals surface area contributed by atoms with E-state index < -0.39 is 5.97 Å². The highest BCUT2D eigenvalue weighted by Crippen LogP contribution is 2.36. The number of anilines is 1. The molecule has 1 N–H and O–H groups in total. The average molecular weight is 401 g/mol. The molecule has 150 valence electrons. The first-order valence-electron chi connectivity index (χ1n) is 9.79. The molecule has 0 radical (unpaired) electrons. The molecule has 1 amide bonds. The van der Waals surface area contributed by atoms with Crippen molar-refractivity contribution in [1.29, 1.82) is 0 Å². The van der Waals surface area contributed by atoms with E-state index in [1.54, 1.807) is 0 Å². The Morgan fingerprint density at radius 3 is 2.46 bits per heavy atom. The van der Waals surface area contributed by atoms with E-state index in [9.17, 15) is 9.59 Å². The summed E-state index contributed by atoms with van der Waals surface area (Å²) in [6.07, 6.45) is 4.73. The number of rotatable bonds is 5. The van der Waals surface area contributed by atoms with Crippen LogP contribution >= 0.6 is 11.3 Å². The Morgan fingerprint density at radius 1 is 1.11 bits per heavy atom. The van der Waals surface area contributed by atoms with Gasteiger partial charge >= 0.3 is 5.97 Å². The molecule has 3 rings (SSSR count). The molecule has 1 fully saturated rings. The van der Waals surface area contributed by atoms with Gasteiger partial charge in [-0.1, -0.05) is 31.0 Å². The maximum atomic E-state index is 12.6. The second kappa shape index (κ2) is 9.34. The van der Waals surface area contributed by atoms with Crippen molar-refractivity contribution in [1.82, 2.24) is 4.90 Å². The summed E-state index contributed by atoms with van der Waals surface area (Å²) in [5.74, 6) is -0.514. The summed E-state index contributed by atoms with van der Waals surface area (Å²) < 4.78 is 5.01. The predicted octanol–water partition coefficient (Wildman–Crippen LogP) is 4.63. The first-order chi connectivity index (χ1) is 13.5. The molecular formula is C22H28N2O3S. The van der Waals surface area contributed by atoms with Crippen LogP contribution < -0.4 is 5.32 Å². The highest BCUT2D eigenvalue weighted by Gasteiger charge is 2.23. The van der Waals surface area contributed by atoms with E-state index in [1.165, 1.54) is 36.9 Å². The number of ether oxygens (including phenoxy) is 1. The lowest BCUT2D eigenvalue weighted by molar-refractivity contribution is -0.117. The largest absolute Gasteiger partial charge is 0.465 e. The maximum absolute atomic E-state index is 12.6. The molecule has 0 spiro atoms. The first-order valence-corrected chi connectivity index (χ1v) is 10.7. The normalized spacial score (nSPS) is 15.1. The first kappa shape index (κ1) is 20.6. The molecule has 0 bridgehead atoms. The molecule has 0 aliphatic carbocycles. The molecular weight excluding hydrogens is 372 g/mol. The van der Waals surface area contributed by atoms with Gasteiger partial charge in [-0.05, 0) is 56.5 Å². The van der Waals surface area contributed by atoms with Crippen LogP contribution in [0.5, 0.6) is 0 Å². The van der Waals surface area contributed by atoms with Gasteiger partial charge in [0.05, 0.1) is 13.7 Å². The maximum Gasteiger partial charge on any atom is 0.341 e. The third-order valence-corrected chi connectivity index (χ3v) is 6.21. The van der Waals surface area contributed by atoms with E-state index in [0.717, 1.165) is 42.6 Å². The minimum absolute atomic E-state index is 0.0828. The quantitative estimate of drug-likeness (QED) is 0.743. The van der Waals surface area contributed by atoms with Gasteiger partial charge in [0, 0.05) is 10.9 Å². The minimum atomic E-state index is -0.431. The number of carbonyl (C=O) groups is 2. The number of hydrogen-bond acceptors (Lipinski definition) is 5. The molecule has 5 nitrogen and oxygen atoms in total. The van der Waals surface area contributed by atoms with E-state index in [4.69, 9.17) is 4.74 Å². The third-order valence-electron chi connectivity index (χ3n) is 5.32. The fourth-order valence-corrected chi connectivity index (χ4v) is 4.51. The zero-order valence-corrected chi connectivity index (χ0v) is 17.7. The highest BCUT2D eigenvalue weighted by molar-refractivity contribution is 7.15. The van der Waals surface area contributed by atoms with Gasteiger partial charge in [0.2, 0.25) is 5.91 Å². The molecule has 1 saturated heterocycles. The number of nitrogens with one attached hydrogen (secondary N) is 1. The number of benzene rings is 1. The summed E-state index contributed by atoms with van der Waals surface area (Å²) in [7, 11) is 1.37. The Hall–Kier alpha value is -2.18. The molecule has 6 heteroatoms. The molecule has 1 aromatic carbocycles. The Labute approximate surface area is 170 Å². The van der Waals surface area contributed by atoms with Crippen molar-refractivity contribution >= 4 is 28.2 Å². The molecule has 1 aliphatic rings. The van der Waals surface area contributed by atoms with Crippen molar-refractivity contribution in [3.8, 4) is 11.1 Å². The zero-order chi connectivity index (χ0) is 20.1. The van der Waals surface area contributed by atoms with Gasteiger partial charge in [-0.2, -0.15) is 0 Å². The summed E-state index contributed by atoms with van der Waals surface area (Å²) >= 11 is 1.37. The van der Waals surface area contributed by atoms with Crippen molar-refractivity contribution in [2.75, 3.05) is 32.1 Å². The lowest BCUT2D eigenvalue weighted by Gasteiger charge is -2.18. The molecule has 1 aliphatic heterocycles. The summed E-state index contributed by atoms with van der Waals surface area (Å²) in [6, 6.07) is 6.10. The number of nitrogens with zero attached hydrogens (tertiary/aromatic N) is 1. The second-order valence-electron chi connectivity index (χ2n) is 7.38. The Bertz CT molecular complexity index is 851. The van der Waals surface area contributed by atoms with Gasteiger partial charge in [0.25, 0.3) is 0 Å². The van der Waals surface area contributed by atoms with Crippen molar-refractivity contribution in [2.45, 2.75) is 39.5 Å². The van der Waals surface area contributed by atoms with E-state index in [0.29, 0.717) is 17.1 Å². The highest BCUT2D eigenvalue weighted by atomic mass is 32.1. The molecule has 2 aromatic rings. The summed E-state index contributed by atoms with van der Waals surface area (Å²) in [6.45, 7) is 6.37. The average Bonchev–Trinajstić information content (AvgIpc) is 2.91. The zero-order valence-electron chi connectivity index (χ0n) is 16.8. The van der Waals surface area contributed by atoms with E-state index in [2.05, 4.69) is 23.2 Å². The Morgan fingerprint density at radius 2 is 1.82 bits per heavy atom. The number of carbonyl (C=O) groups excluding carboxylic acids is 2. The number of methoxy groups -OCH3 is 1. The van der Waals surface area contributed by atoms with Crippen molar-refractivity contribution < 1.29 is 14.3 Å². The minimum Gasteiger partial charge on any atom is -0.465 e. The SMILES string of the molecule is COC(=O)c1c(-c2ccc(C)c(C)c2)csc1NC(=O)CN1CCCCCC1. The monoisotopic (exact) mass is 400 g/mol. The number of likely N-dealkylation sites (tertiary alicyclic amines) is 1. The molecule has 0 atom stereocenters. The lowest BCUT2D eigenvalue weighted by atomic mass is 9.99. The van der Waals surface area contributed by atoms with Crippen LogP contribution in [-0.2, 0) is 9.53 Å². The molecule has 1 aromatic heterocycles. The topological polar surface area (TPSA) is 58.6 Å². The van der Waals surface area contributed by atoms with E-state index >= 15 is 0 Å². The van der Waals surface area contributed by atoms with Gasteiger partial charge in [-0.25, -0.2) is 4.79 Å². The third kappa shape index (κ3) is 4.80. The summed E-state index contributed by atoms with van der Waals surface area (Å²) in [4.78, 5) is 27.3. The van der Waals surface area contributed by atoms with Gasteiger partial charge in [0.15, 0.2) is 0 Å². The molecule has 0 unspecified atom stereocenters. The molecule has 28 heavy (non-hydrogen) atoms. The predicted molar refractivity (Wildman–Crippen MR) is 114 cm³/mol. The van der Waals surface area contributed by atoms with Crippen LogP contribution in [0.2, 0.25) is 0 Å². The van der Waals surface area contributed by atoms with Crippen LogP contribution in [0.25, 0.3) is 11.1 Å². The van der Waals surface area contributed by atoms with Gasteiger partial charge in [-0.15, -0.1) is 11.3 Å². The van der Waals surface area contributed by atoms with Gasteiger partial charge in [-0.3, -0.25) is 9.69 Å². The van der Waals surface area contributed by atoms with Crippen LogP contribution in [-0.4, -0.2) is 43.5 Å². The smallest absolute Gasteiger partial charge is 0.341 e. The summed E-state index contributed by atoms with van der Waals surface area (Å²) in [5, 5.41) is 5.42. The number of thiophene rings is 1. The van der Waals surface area contributed by atoms with E-state index in [1.807, 2.05) is 24.4 Å². The number of amides is 1. The molecule has 2 heterocycles. The van der Waals surface area contributed by atoms with Gasteiger partial charge in [0.1, 0.15) is 10.6 Å². The Kier molecular flexibility index (Phi) is 6.86. The Balaban J connectivity index is 1.82. The van der Waals surface area contributed by atoms with Crippen LogP contribution in [0.3, 0.4) is 0 Å². The van der Waals surface area contributed by atoms with Crippen LogP contribution in [0.1, 0.15) is 47.2 Å². The van der Waals surface area contributed by atoms with Crippen LogP contribution in [0.15, 0.2) is 23.6 Å². The fraction of sp³-hybridized carbons (Fsp3) is 0.455.